The number of hydrogen-bond donors (Lipinski definition) is 3. The van der Waals surface area contributed by atoms with Gasteiger partial charge >= 0.3 is 0 Å². The lowest BCUT2D eigenvalue weighted by atomic mass is 10.2. The summed E-state index contributed by atoms with van der Waals surface area (Å²) in [6.07, 6.45) is 0. The molecule has 0 bridgehead atoms. The maximum atomic E-state index is 11.8. The van der Waals surface area contributed by atoms with Crippen LogP contribution < -0.4 is 10.9 Å². The summed E-state index contributed by atoms with van der Waals surface area (Å²) in [4.78, 5) is 33.5. The number of hydrogen-bond acceptors (Lipinski definition) is 5. The molecular formula is C14H11N3O5. The van der Waals surface area contributed by atoms with Crippen LogP contribution in [-0.4, -0.2) is 21.8 Å². The van der Waals surface area contributed by atoms with Gasteiger partial charge in [0, 0.05) is 17.7 Å². The van der Waals surface area contributed by atoms with E-state index in [9.17, 15) is 24.8 Å². The first-order chi connectivity index (χ1) is 10.5. The number of carbonyl (C=O) groups is 2. The highest BCUT2D eigenvalue weighted by molar-refractivity contribution is 6.00. The van der Waals surface area contributed by atoms with Gasteiger partial charge in [0.2, 0.25) is 0 Å². The quantitative estimate of drug-likeness (QED) is 0.584. The summed E-state index contributed by atoms with van der Waals surface area (Å²) in [7, 11) is 0. The molecule has 0 fully saturated rings. The summed E-state index contributed by atoms with van der Waals surface area (Å²) in [5.41, 5.74) is 4.30. The van der Waals surface area contributed by atoms with Crippen molar-refractivity contribution in [2.24, 2.45) is 0 Å². The Morgan fingerprint density at radius 1 is 0.955 bits per heavy atom. The van der Waals surface area contributed by atoms with Gasteiger partial charge in [-0.3, -0.25) is 30.6 Å². The second kappa shape index (κ2) is 6.35. The molecule has 0 aliphatic carbocycles. The van der Waals surface area contributed by atoms with Crippen LogP contribution in [0.15, 0.2) is 48.5 Å². The van der Waals surface area contributed by atoms with Gasteiger partial charge < -0.3 is 5.11 Å². The SMILES string of the molecule is O=C(NNC(=O)c1ccccc1O)c1ccc([N+](=O)[O-])cc1. The Hall–Kier alpha value is -3.42. The van der Waals surface area contributed by atoms with E-state index in [0.29, 0.717) is 0 Å². The van der Waals surface area contributed by atoms with Crippen LogP contribution in [0, 0.1) is 10.1 Å². The number of carbonyl (C=O) groups excluding carboxylic acids is 2. The van der Waals surface area contributed by atoms with E-state index in [1.165, 1.54) is 36.4 Å². The van der Waals surface area contributed by atoms with Crippen LogP contribution in [0.5, 0.6) is 5.75 Å². The zero-order valence-corrected chi connectivity index (χ0v) is 11.1. The number of phenols is 1. The van der Waals surface area contributed by atoms with E-state index in [1.807, 2.05) is 0 Å². The van der Waals surface area contributed by atoms with Crippen LogP contribution in [0.3, 0.4) is 0 Å². The van der Waals surface area contributed by atoms with E-state index in [-0.39, 0.29) is 22.6 Å². The number of nitro groups is 1. The molecule has 0 heterocycles. The molecule has 0 aliphatic heterocycles. The summed E-state index contributed by atoms with van der Waals surface area (Å²) >= 11 is 0. The Kier molecular flexibility index (Phi) is 4.33. The second-order valence-electron chi connectivity index (χ2n) is 4.23. The predicted octanol–water partition coefficient (Wildman–Crippen LogP) is 1.38. The van der Waals surface area contributed by atoms with Crippen LogP contribution in [0.2, 0.25) is 0 Å². The summed E-state index contributed by atoms with van der Waals surface area (Å²) in [5, 5.41) is 20.0. The van der Waals surface area contributed by atoms with Crippen LogP contribution in [0.4, 0.5) is 5.69 Å². The fourth-order valence-electron chi connectivity index (χ4n) is 1.65. The number of aromatic hydroxyl groups is 1. The Balaban J connectivity index is 1.99. The van der Waals surface area contributed by atoms with Crippen molar-refractivity contribution in [1.29, 1.82) is 0 Å². The van der Waals surface area contributed by atoms with Crippen molar-refractivity contribution < 1.29 is 19.6 Å². The molecule has 2 amide bonds. The number of rotatable bonds is 3. The molecule has 22 heavy (non-hydrogen) atoms. The van der Waals surface area contributed by atoms with Crippen molar-refractivity contribution in [3.63, 3.8) is 0 Å². The first-order valence-corrected chi connectivity index (χ1v) is 6.12. The highest BCUT2D eigenvalue weighted by atomic mass is 16.6. The predicted molar refractivity (Wildman–Crippen MR) is 76.1 cm³/mol. The normalized spacial score (nSPS) is 9.82. The number of nitrogens with one attached hydrogen (secondary N) is 2. The topological polar surface area (TPSA) is 122 Å². The molecule has 2 aromatic carbocycles. The molecule has 8 heteroatoms. The third-order valence-electron chi connectivity index (χ3n) is 2.78. The van der Waals surface area contributed by atoms with Gasteiger partial charge in [0.05, 0.1) is 10.5 Å². The number of nitro benzene ring substituents is 1. The fraction of sp³-hybridized carbons (Fsp3) is 0. The van der Waals surface area contributed by atoms with Crippen molar-refractivity contribution in [3.05, 3.63) is 69.8 Å². The zero-order valence-electron chi connectivity index (χ0n) is 11.1. The molecule has 3 N–H and O–H groups in total. The van der Waals surface area contributed by atoms with Crippen LogP contribution in [0.25, 0.3) is 0 Å². The van der Waals surface area contributed by atoms with E-state index < -0.39 is 16.7 Å². The molecule has 2 aromatic rings. The molecule has 0 saturated carbocycles. The van der Waals surface area contributed by atoms with Gasteiger partial charge in [0.15, 0.2) is 0 Å². The lowest BCUT2D eigenvalue weighted by Gasteiger charge is -2.08. The molecule has 0 aliphatic rings. The van der Waals surface area contributed by atoms with Crippen LogP contribution in [-0.2, 0) is 0 Å². The number of non-ortho nitro benzene ring substituents is 1. The number of nitrogens with zero attached hydrogens (tertiary/aromatic N) is 1. The summed E-state index contributed by atoms with van der Waals surface area (Å²) in [5.74, 6) is -1.54. The van der Waals surface area contributed by atoms with Crippen molar-refractivity contribution >= 4 is 17.5 Å². The Labute approximate surface area is 124 Å². The Bertz CT molecular complexity index is 728. The molecular weight excluding hydrogens is 290 g/mol. The second-order valence-corrected chi connectivity index (χ2v) is 4.23. The molecule has 2 rings (SSSR count). The summed E-state index contributed by atoms with van der Waals surface area (Å²) in [6.45, 7) is 0. The number of amides is 2. The third kappa shape index (κ3) is 3.37. The van der Waals surface area contributed by atoms with E-state index in [2.05, 4.69) is 10.9 Å². The Morgan fingerprint density at radius 3 is 2.14 bits per heavy atom. The number of benzene rings is 2. The van der Waals surface area contributed by atoms with E-state index in [4.69, 9.17) is 0 Å². The van der Waals surface area contributed by atoms with E-state index >= 15 is 0 Å². The maximum absolute atomic E-state index is 11.8. The summed E-state index contributed by atoms with van der Waals surface area (Å²) < 4.78 is 0. The van der Waals surface area contributed by atoms with E-state index in [1.54, 1.807) is 12.1 Å². The standard InChI is InChI=1S/C14H11N3O5/c18-12-4-2-1-3-11(12)14(20)16-15-13(19)9-5-7-10(8-6-9)17(21)22/h1-8,18H,(H,15,19)(H,16,20). The first kappa shape index (κ1) is 15.0. The Morgan fingerprint density at radius 2 is 1.55 bits per heavy atom. The largest absolute Gasteiger partial charge is 0.507 e. The van der Waals surface area contributed by atoms with Crippen molar-refractivity contribution in [1.82, 2.24) is 10.9 Å². The van der Waals surface area contributed by atoms with Gasteiger partial charge in [-0.1, -0.05) is 12.1 Å². The minimum Gasteiger partial charge on any atom is -0.507 e. The molecule has 8 nitrogen and oxygen atoms in total. The molecule has 0 atom stereocenters. The third-order valence-corrected chi connectivity index (χ3v) is 2.78. The smallest absolute Gasteiger partial charge is 0.273 e. The van der Waals surface area contributed by atoms with Crippen molar-refractivity contribution in [3.8, 4) is 5.75 Å². The molecule has 0 unspecified atom stereocenters. The summed E-state index contributed by atoms with van der Waals surface area (Å²) in [6, 6.07) is 10.7. The van der Waals surface area contributed by atoms with Gasteiger partial charge in [0.25, 0.3) is 17.5 Å². The highest BCUT2D eigenvalue weighted by Crippen LogP contribution is 2.15. The van der Waals surface area contributed by atoms with Gasteiger partial charge in [0.1, 0.15) is 5.75 Å². The highest BCUT2D eigenvalue weighted by Gasteiger charge is 2.13. The molecule has 0 aromatic heterocycles. The van der Waals surface area contributed by atoms with Crippen LogP contribution >= 0.6 is 0 Å². The van der Waals surface area contributed by atoms with Crippen molar-refractivity contribution in [2.75, 3.05) is 0 Å². The van der Waals surface area contributed by atoms with Gasteiger partial charge in [-0.2, -0.15) is 0 Å². The fourth-order valence-corrected chi connectivity index (χ4v) is 1.65. The number of phenolic OH excluding ortho intramolecular Hbond substituents is 1. The monoisotopic (exact) mass is 301 g/mol. The van der Waals surface area contributed by atoms with Crippen molar-refractivity contribution in [2.45, 2.75) is 0 Å². The van der Waals surface area contributed by atoms with E-state index in [0.717, 1.165) is 0 Å². The molecule has 0 saturated heterocycles. The molecule has 0 radical (unpaired) electrons. The number of para-hydroxylation sites is 1. The minimum absolute atomic E-state index is 0.00602. The molecule has 112 valence electrons. The van der Waals surface area contributed by atoms with Gasteiger partial charge in [-0.15, -0.1) is 0 Å². The molecule has 0 spiro atoms. The van der Waals surface area contributed by atoms with Gasteiger partial charge in [-0.25, -0.2) is 0 Å². The number of hydrazine groups is 1. The first-order valence-electron chi connectivity index (χ1n) is 6.12. The van der Waals surface area contributed by atoms with Crippen LogP contribution in [0.1, 0.15) is 20.7 Å². The minimum atomic E-state index is -0.687. The maximum Gasteiger partial charge on any atom is 0.273 e. The van der Waals surface area contributed by atoms with Gasteiger partial charge in [-0.05, 0) is 24.3 Å². The average molecular weight is 301 g/mol. The lowest BCUT2D eigenvalue weighted by Crippen LogP contribution is -2.41. The lowest BCUT2D eigenvalue weighted by molar-refractivity contribution is -0.384. The zero-order chi connectivity index (χ0) is 16.1. The average Bonchev–Trinajstić information content (AvgIpc) is 2.52.